The van der Waals surface area contributed by atoms with Crippen LogP contribution in [0.25, 0.3) is 11.1 Å². The van der Waals surface area contributed by atoms with E-state index in [2.05, 4.69) is 58.7 Å². The predicted octanol–water partition coefficient (Wildman–Crippen LogP) is 4.43. The van der Waals surface area contributed by atoms with Crippen LogP contribution in [-0.4, -0.2) is 30.5 Å². The Hall–Kier alpha value is -3.11. The van der Waals surface area contributed by atoms with E-state index in [9.17, 15) is 4.79 Å². The third-order valence-corrected chi connectivity index (χ3v) is 5.87. The Bertz CT molecular complexity index is 966. The number of hydrogen-bond acceptors (Lipinski definition) is 3. The van der Waals surface area contributed by atoms with E-state index >= 15 is 0 Å². The lowest BCUT2D eigenvalue weighted by Gasteiger charge is -2.27. The number of fused-ring (bicyclic) bond motifs is 3. The predicted molar refractivity (Wildman–Crippen MR) is 120 cm³/mol. The van der Waals surface area contributed by atoms with Gasteiger partial charge in [0.25, 0.3) is 0 Å². The molecule has 0 bridgehead atoms. The van der Waals surface area contributed by atoms with Crippen LogP contribution in [0.2, 0.25) is 0 Å². The number of carbonyl (C=O) groups is 1. The SMILES string of the molecule is COc1ccc(CCNC(=O)[C@H](C)N2Cc3ccccc3-c3ccccc3C2)cc1. The number of nitrogens with zero attached hydrogens (tertiary/aromatic N) is 1. The van der Waals surface area contributed by atoms with Gasteiger partial charge in [0, 0.05) is 19.6 Å². The molecular weight excluding hydrogens is 372 g/mol. The highest BCUT2D eigenvalue weighted by Crippen LogP contribution is 2.33. The maximum absolute atomic E-state index is 12.9. The van der Waals surface area contributed by atoms with Crippen molar-refractivity contribution < 1.29 is 9.53 Å². The second-order valence-corrected chi connectivity index (χ2v) is 7.78. The van der Waals surface area contributed by atoms with Gasteiger partial charge in [0.05, 0.1) is 13.2 Å². The van der Waals surface area contributed by atoms with Crippen molar-refractivity contribution in [2.45, 2.75) is 32.5 Å². The minimum atomic E-state index is -0.208. The Morgan fingerprint density at radius 2 is 1.50 bits per heavy atom. The summed E-state index contributed by atoms with van der Waals surface area (Å²) in [5.41, 5.74) is 6.24. The van der Waals surface area contributed by atoms with Gasteiger partial charge < -0.3 is 10.1 Å². The largest absolute Gasteiger partial charge is 0.497 e. The molecule has 1 atom stereocenters. The molecule has 4 heteroatoms. The van der Waals surface area contributed by atoms with Crippen LogP contribution in [0.15, 0.2) is 72.8 Å². The van der Waals surface area contributed by atoms with Gasteiger partial charge in [-0.05, 0) is 53.3 Å². The minimum absolute atomic E-state index is 0.0698. The van der Waals surface area contributed by atoms with E-state index in [1.165, 1.54) is 27.8 Å². The van der Waals surface area contributed by atoms with Crippen LogP contribution >= 0.6 is 0 Å². The van der Waals surface area contributed by atoms with Gasteiger partial charge in [0.15, 0.2) is 0 Å². The highest BCUT2D eigenvalue weighted by Gasteiger charge is 2.26. The molecule has 1 aliphatic heterocycles. The first kappa shape index (κ1) is 20.2. The van der Waals surface area contributed by atoms with Crippen LogP contribution in [0.1, 0.15) is 23.6 Å². The molecule has 1 N–H and O–H groups in total. The molecule has 0 aliphatic carbocycles. The van der Waals surface area contributed by atoms with Crippen molar-refractivity contribution in [3.05, 3.63) is 89.5 Å². The van der Waals surface area contributed by atoms with Crippen molar-refractivity contribution in [1.29, 1.82) is 0 Å². The molecule has 1 amide bonds. The Morgan fingerprint density at radius 3 is 2.07 bits per heavy atom. The van der Waals surface area contributed by atoms with Gasteiger partial charge in [0.1, 0.15) is 5.75 Å². The fourth-order valence-corrected chi connectivity index (χ4v) is 4.05. The number of hydrogen-bond donors (Lipinski definition) is 1. The third kappa shape index (κ3) is 4.39. The zero-order valence-corrected chi connectivity index (χ0v) is 17.6. The number of rotatable bonds is 6. The molecule has 0 radical (unpaired) electrons. The fraction of sp³-hybridized carbons (Fsp3) is 0.269. The van der Waals surface area contributed by atoms with Crippen molar-refractivity contribution >= 4 is 5.91 Å². The molecule has 154 valence electrons. The number of nitrogens with one attached hydrogen (secondary N) is 1. The van der Waals surface area contributed by atoms with Crippen molar-refractivity contribution in [3.63, 3.8) is 0 Å². The van der Waals surface area contributed by atoms with Gasteiger partial charge in [-0.3, -0.25) is 9.69 Å². The van der Waals surface area contributed by atoms with E-state index < -0.39 is 0 Å². The van der Waals surface area contributed by atoms with E-state index in [1.54, 1.807) is 7.11 Å². The molecule has 0 fully saturated rings. The molecule has 0 aromatic heterocycles. The van der Waals surface area contributed by atoms with Gasteiger partial charge in [-0.15, -0.1) is 0 Å². The van der Waals surface area contributed by atoms with Gasteiger partial charge in [0.2, 0.25) is 5.91 Å². The molecule has 0 unspecified atom stereocenters. The summed E-state index contributed by atoms with van der Waals surface area (Å²) >= 11 is 0. The van der Waals surface area contributed by atoms with Crippen LogP contribution in [0.4, 0.5) is 0 Å². The Balaban J connectivity index is 1.42. The van der Waals surface area contributed by atoms with E-state index in [0.717, 1.165) is 25.3 Å². The molecule has 1 aliphatic rings. The summed E-state index contributed by atoms with van der Waals surface area (Å²) < 4.78 is 5.20. The minimum Gasteiger partial charge on any atom is -0.497 e. The average Bonchev–Trinajstić information content (AvgIpc) is 2.96. The standard InChI is InChI=1S/C26H28N2O2/c1-19(26(29)27-16-15-20-11-13-23(30-2)14-12-20)28-17-21-7-3-5-9-24(21)25-10-6-4-8-22(25)18-28/h3-14,19H,15-18H2,1-2H3,(H,27,29)/t19-/m0/s1. The van der Waals surface area contributed by atoms with Crippen molar-refractivity contribution in [1.82, 2.24) is 10.2 Å². The third-order valence-electron chi connectivity index (χ3n) is 5.87. The molecule has 0 spiro atoms. The Morgan fingerprint density at radius 1 is 0.933 bits per heavy atom. The zero-order chi connectivity index (χ0) is 20.9. The summed E-state index contributed by atoms with van der Waals surface area (Å²) in [6.07, 6.45) is 0.800. The molecule has 0 saturated heterocycles. The lowest BCUT2D eigenvalue weighted by molar-refractivity contribution is -0.126. The second-order valence-electron chi connectivity index (χ2n) is 7.78. The van der Waals surface area contributed by atoms with Crippen LogP contribution in [-0.2, 0) is 24.3 Å². The van der Waals surface area contributed by atoms with Crippen LogP contribution < -0.4 is 10.1 Å². The molecular formula is C26H28N2O2. The van der Waals surface area contributed by atoms with Gasteiger partial charge in [-0.1, -0.05) is 60.7 Å². The van der Waals surface area contributed by atoms with E-state index in [1.807, 2.05) is 31.2 Å². The smallest absolute Gasteiger partial charge is 0.237 e. The Labute approximate surface area is 178 Å². The summed E-state index contributed by atoms with van der Waals surface area (Å²) in [7, 11) is 1.66. The number of ether oxygens (including phenoxy) is 1. The number of amides is 1. The number of methoxy groups -OCH3 is 1. The fourth-order valence-electron chi connectivity index (χ4n) is 4.05. The second kappa shape index (κ2) is 9.14. The number of carbonyl (C=O) groups excluding carboxylic acids is 1. The molecule has 4 nitrogen and oxygen atoms in total. The van der Waals surface area contributed by atoms with Gasteiger partial charge in [-0.25, -0.2) is 0 Å². The normalized spacial score (nSPS) is 14.2. The van der Waals surface area contributed by atoms with Gasteiger partial charge in [-0.2, -0.15) is 0 Å². The summed E-state index contributed by atoms with van der Waals surface area (Å²) in [5.74, 6) is 0.915. The monoisotopic (exact) mass is 400 g/mol. The first-order valence-electron chi connectivity index (χ1n) is 10.5. The molecule has 3 aromatic carbocycles. The maximum atomic E-state index is 12.9. The van der Waals surface area contributed by atoms with Crippen LogP contribution in [0, 0.1) is 0 Å². The maximum Gasteiger partial charge on any atom is 0.237 e. The molecule has 4 rings (SSSR count). The van der Waals surface area contributed by atoms with Gasteiger partial charge >= 0.3 is 0 Å². The summed E-state index contributed by atoms with van der Waals surface area (Å²) in [4.78, 5) is 15.2. The summed E-state index contributed by atoms with van der Waals surface area (Å²) in [6.45, 7) is 4.14. The van der Waals surface area contributed by atoms with Crippen molar-refractivity contribution in [2.75, 3.05) is 13.7 Å². The average molecular weight is 401 g/mol. The first-order valence-corrected chi connectivity index (χ1v) is 10.5. The van der Waals surface area contributed by atoms with Crippen molar-refractivity contribution in [3.8, 4) is 16.9 Å². The van der Waals surface area contributed by atoms with Crippen molar-refractivity contribution in [2.24, 2.45) is 0 Å². The quantitative estimate of drug-likeness (QED) is 0.666. The zero-order valence-electron chi connectivity index (χ0n) is 17.6. The number of benzene rings is 3. The highest BCUT2D eigenvalue weighted by atomic mass is 16.5. The molecule has 30 heavy (non-hydrogen) atoms. The lowest BCUT2D eigenvalue weighted by Crippen LogP contribution is -2.44. The van der Waals surface area contributed by atoms with E-state index in [-0.39, 0.29) is 11.9 Å². The van der Waals surface area contributed by atoms with Crippen LogP contribution in [0.3, 0.4) is 0 Å². The summed E-state index contributed by atoms with van der Waals surface area (Å²) in [5, 5.41) is 3.11. The summed E-state index contributed by atoms with van der Waals surface area (Å²) in [6, 6.07) is 24.8. The van der Waals surface area contributed by atoms with Crippen LogP contribution in [0.5, 0.6) is 5.75 Å². The lowest BCUT2D eigenvalue weighted by atomic mass is 9.97. The molecule has 0 saturated carbocycles. The first-order chi connectivity index (χ1) is 14.7. The van der Waals surface area contributed by atoms with E-state index in [0.29, 0.717) is 6.54 Å². The molecule has 3 aromatic rings. The van der Waals surface area contributed by atoms with E-state index in [4.69, 9.17) is 4.74 Å². The molecule has 1 heterocycles. The highest BCUT2D eigenvalue weighted by molar-refractivity contribution is 5.81. The topological polar surface area (TPSA) is 41.6 Å². The Kier molecular flexibility index (Phi) is 6.15.